The maximum absolute atomic E-state index is 5.14. The van der Waals surface area contributed by atoms with E-state index in [0.717, 1.165) is 11.0 Å². The average Bonchev–Trinajstić information content (AvgIpc) is 2.83. The molecule has 1 aromatic carbocycles. The van der Waals surface area contributed by atoms with E-state index in [9.17, 15) is 0 Å². The maximum Gasteiger partial charge on any atom is 0.321 e. The molecule has 0 aliphatic rings. The number of benzene rings is 1. The number of hydrogen-bond donors (Lipinski definition) is 1. The van der Waals surface area contributed by atoms with Gasteiger partial charge in [0.2, 0.25) is 0 Å². The second-order valence-electron chi connectivity index (χ2n) is 4.51. The Morgan fingerprint density at radius 1 is 1.37 bits per heavy atom. The van der Waals surface area contributed by atoms with Crippen LogP contribution < -0.4 is 5.32 Å². The van der Waals surface area contributed by atoms with Crippen molar-refractivity contribution < 1.29 is 4.52 Å². The molecule has 1 heterocycles. The largest absolute Gasteiger partial charge is 0.337 e. The van der Waals surface area contributed by atoms with E-state index in [1.54, 1.807) is 11.8 Å². The Labute approximate surface area is 125 Å². The molecule has 1 N–H and O–H groups in total. The Morgan fingerprint density at radius 3 is 2.89 bits per heavy atom. The van der Waals surface area contributed by atoms with E-state index in [1.165, 1.54) is 4.90 Å². The first-order chi connectivity index (χ1) is 9.15. The second kappa shape index (κ2) is 6.96. The minimum atomic E-state index is 0.497. The van der Waals surface area contributed by atoms with Crippen LogP contribution in [0.2, 0.25) is 0 Å². The van der Waals surface area contributed by atoms with Crippen LogP contribution in [-0.4, -0.2) is 16.7 Å². The van der Waals surface area contributed by atoms with Gasteiger partial charge in [-0.3, -0.25) is 0 Å². The van der Waals surface area contributed by atoms with E-state index in [1.807, 2.05) is 18.2 Å². The highest BCUT2D eigenvalue weighted by atomic mass is 79.9. The SMILES string of the molecule is CC(C)CNc1nc(CSc2ccccc2Br)no1. The summed E-state index contributed by atoms with van der Waals surface area (Å²) in [7, 11) is 0. The van der Waals surface area contributed by atoms with Crippen molar-refractivity contribution in [2.45, 2.75) is 24.5 Å². The first-order valence-corrected chi connectivity index (χ1v) is 7.87. The summed E-state index contributed by atoms with van der Waals surface area (Å²) in [5.74, 6) is 1.94. The maximum atomic E-state index is 5.14. The van der Waals surface area contributed by atoms with Crippen LogP contribution in [0.4, 0.5) is 6.01 Å². The minimum absolute atomic E-state index is 0.497. The van der Waals surface area contributed by atoms with Gasteiger partial charge >= 0.3 is 6.01 Å². The molecule has 0 spiro atoms. The van der Waals surface area contributed by atoms with Crippen LogP contribution in [0.5, 0.6) is 0 Å². The highest BCUT2D eigenvalue weighted by Gasteiger charge is 2.08. The van der Waals surface area contributed by atoms with Crippen LogP contribution in [0, 0.1) is 5.92 Å². The van der Waals surface area contributed by atoms with Crippen LogP contribution in [0.25, 0.3) is 0 Å². The molecule has 0 amide bonds. The molecule has 0 saturated carbocycles. The molecule has 0 aliphatic carbocycles. The van der Waals surface area contributed by atoms with E-state index in [2.05, 4.69) is 51.3 Å². The van der Waals surface area contributed by atoms with Crippen molar-refractivity contribution in [3.05, 3.63) is 34.6 Å². The molecule has 0 saturated heterocycles. The number of anilines is 1. The summed E-state index contributed by atoms with van der Waals surface area (Å²) in [4.78, 5) is 5.47. The topological polar surface area (TPSA) is 51.0 Å². The molecule has 0 fully saturated rings. The number of nitrogens with one attached hydrogen (secondary N) is 1. The zero-order valence-electron chi connectivity index (χ0n) is 10.9. The lowest BCUT2D eigenvalue weighted by atomic mass is 10.2. The van der Waals surface area contributed by atoms with Crippen molar-refractivity contribution in [2.24, 2.45) is 5.92 Å². The van der Waals surface area contributed by atoms with Gasteiger partial charge in [0.1, 0.15) is 0 Å². The van der Waals surface area contributed by atoms with Crippen LogP contribution >= 0.6 is 27.7 Å². The molecule has 0 aliphatic heterocycles. The van der Waals surface area contributed by atoms with Crippen LogP contribution in [0.15, 0.2) is 38.2 Å². The lowest BCUT2D eigenvalue weighted by Crippen LogP contribution is -2.07. The third kappa shape index (κ3) is 4.54. The Bertz CT molecular complexity index is 530. The summed E-state index contributed by atoms with van der Waals surface area (Å²) in [5, 5.41) is 7.07. The number of hydrogen-bond acceptors (Lipinski definition) is 5. The highest BCUT2D eigenvalue weighted by molar-refractivity contribution is 9.10. The first kappa shape index (κ1) is 14.4. The number of halogens is 1. The molecular formula is C13H16BrN3OS. The van der Waals surface area contributed by atoms with Crippen LogP contribution in [-0.2, 0) is 5.75 Å². The summed E-state index contributed by atoms with van der Waals surface area (Å²) in [5.41, 5.74) is 0. The fourth-order valence-electron chi connectivity index (χ4n) is 1.38. The first-order valence-electron chi connectivity index (χ1n) is 6.09. The Hall–Kier alpha value is -1.01. The van der Waals surface area contributed by atoms with Gasteiger partial charge in [0.25, 0.3) is 0 Å². The summed E-state index contributed by atoms with van der Waals surface area (Å²) in [6, 6.07) is 8.59. The van der Waals surface area contributed by atoms with Gasteiger partial charge in [-0.05, 0) is 34.0 Å². The van der Waals surface area contributed by atoms with Gasteiger partial charge < -0.3 is 9.84 Å². The summed E-state index contributed by atoms with van der Waals surface area (Å²) < 4.78 is 6.22. The standard InChI is InChI=1S/C13H16BrN3OS/c1-9(2)7-15-13-16-12(17-18-13)8-19-11-6-4-3-5-10(11)14/h3-6,9H,7-8H2,1-2H3,(H,15,16,17). The van der Waals surface area contributed by atoms with E-state index in [-0.39, 0.29) is 0 Å². The number of rotatable bonds is 6. The summed E-state index contributed by atoms with van der Waals surface area (Å²) >= 11 is 5.20. The lowest BCUT2D eigenvalue weighted by Gasteiger charge is -2.02. The Balaban J connectivity index is 1.88. The fourth-order valence-corrected chi connectivity index (χ4v) is 2.79. The monoisotopic (exact) mass is 341 g/mol. The molecule has 19 heavy (non-hydrogen) atoms. The van der Waals surface area contributed by atoms with Crippen molar-refractivity contribution in [1.29, 1.82) is 0 Å². The van der Waals surface area contributed by atoms with Crippen molar-refractivity contribution in [1.82, 2.24) is 10.1 Å². The number of thioether (sulfide) groups is 1. The van der Waals surface area contributed by atoms with Gasteiger partial charge in [0, 0.05) is 15.9 Å². The molecule has 1 aromatic heterocycles. The zero-order chi connectivity index (χ0) is 13.7. The smallest absolute Gasteiger partial charge is 0.321 e. The lowest BCUT2D eigenvalue weighted by molar-refractivity contribution is 0.423. The molecular weight excluding hydrogens is 326 g/mol. The molecule has 102 valence electrons. The molecule has 0 atom stereocenters. The van der Waals surface area contributed by atoms with Crippen molar-refractivity contribution in [2.75, 3.05) is 11.9 Å². The predicted molar refractivity (Wildman–Crippen MR) is 81.3 cm³/mol. The average molecular weight is 342 g/mol. The highest BCUT2D eigenvalue weighted by Crippen LogP contribution is 2.29. The predicted octanol–water partition coefficient (Wildman–Crippen LogP) is 4.19. The van der Waals surface area contributed by atoms with Crippen molar-refractivity contribution in [3.63, 3.8) is 0 Å². The van der Waals surface area contributed by atoms with Gasteiger partial charge in [-0.1, -0.05) is 31.1 Å². The molecule has 2 rings (SSSR count). The van der Waals surface area contributed by atoms with Gasteiger partial charge in [-0.25, -0.2) is 0 Å². The van der Waals surface area contributed by atoms with E-state index in [0.29, 0.717) is 23.5 Å². The normalized spacial score (nSPS) is 10.9. The Kier molecular flexibility index (Phi) is 5.27. The molecule has 0 unspecified atom stereocenters. The van der Waals surface area contributed by atoms with E-state index in [4.69, 9.17) is 4.52 Å². The second-order valence-corrected chi connectivity index (χ2v) is 6.38. The molecule has 0 radical (unpaired) electrons. The quantitative estimate of drug-likeness (QED) is 0.798. The molecule has 6 heteroatoms. The van der Waals surface area contributed by atoms with Gasteiger partial charge in [-0.15, -0.1) is 11.8 Å². The van der Waals surface area contributed by atoms with Crippen LogP contribution in [0.3, 0.4) is 0 Å². The van der Waals surface area contributed by atoms with E-state index < -0.39 is 0 Å². The zero-order valence-corrected chi connectivity index (χ0v) is 13.3. The Morgan fingerprint density at radius 2 is 2.16 bits per heavy atom. The molecule has 0 bridgehead atoms. The minimum Gasteiger partial charge on any atom is -0.337 e. The van der Waals surface area contributed by atoms with Gasteiger partial charge in [-0.2, -0.15) is 4.98 Å². The van der Waals surface area contributed by atoms with Crippen molar-refractivity contribution >= 4 is 33.7 Å². The summed E-state index contributed by atoms with van der Waals surface area (Å²) in [6.45, 7) is 5.10. The van der Waals surface area contributed by atoms with Gasteiger partial charge in [0.05, 0.1) is 5.75 Å². The summed E-state index contributed by atoms with van der Waals surface area (Å²) in [6.07, 6.45) is 0. The van der Waals surface area contributed by atoms with Crippen molar-refractivity contribution in [3.8, 4) is 0 Å². The molecule has 2 aromatic rings. The third-order valence-corrected chi connectivity index (χ3v) is 4.35. The molecule has 4 nitrogen and oxygen atoms in total. The fraction of sp³-hybridized carbons (Fsp3) is 0.385. The van der Waals surface area contributed by atoms with Gasteiger partial charge in [0.15, 0.2) is 5.82 Å². The third-order valence-electron chi connectivity index (χ3n) is 2.32. The number of nitrogens with zero attached hydrogens (tertiary/aromatic N) is 2. The van der Waals surface area contributed by atoms with E-state index >= 15 is 0 Å². The number of aromatic nitrogens is 2. The van der Waals surface area contributed by atoms with Crippen LogP contribution in [0.1, 0.15) is 19.7 Å².